The van der Waals surface area contributed by atoms with E-state index in [9.17, 15) is 0 Å². The van der Waals surface area contributed by atoms with Crippen molar-refractivity contribution in [2.75, 3.05) is 14.2 Å². The highest BCUT2D eigenvalue weighted by atomic mass is 16.6. The van der Waals surface area contributed by atoms with Gasteiger partial charge in [0.25, 0.3) is 0 Å². The van der Waals surface area contributed by atoms with Gasteiger partial charge in [-0.2, -0.15) is 0 Å². The summed E-state index contributed by atoms with van der Waals surface area (Å²) in [4.78, 5) is 4.93. The fraction of sp³-hybridized carbons (Fsp3) is 0.455. The van der Waals surface area contributed by atoms with Crippen molar-refractivity contribution in [1.29, 1.82) is 0 Å². The molecule has 4 heteroatoms. The molecule has 0 aliphatic rings. The Balaban J connectivity index is 3.23. The van der Waals surface area contributed by atoms with E-state index in [0.717, 1.165) is 17.1 Å². The van der Waals surface area contributed by atoms with Crippen LogP contribution < -0.4 is 15.4 Å². The largest absolute Gasteiger partial charge is 0.497 e. The number of methoxy groups -OCH3 is 2. The highest BCUT2D eigenvalue weighted by Crippen LogP contribution is 2.34. The van der Waals surface area contributed by atoms with Gasteiger partial charge in [0.1, 0.15) is 17.1 Å². The molecule has 0 amide bonds. The van der Waals surface area contributed by atoms with Crippen molar-refractivity contribution in [3.63, 3.8) is 0 Å². The maximum Gasteiger partial charge on any atom is 0.125 e. The number of benzene rings is 1. The van der Waals surface area contributed by atoms with Crippen molar-refractivity contribution >= 4 is 0 Å². The van der Waals surface area contributed by atoms with Crippen molar-refractivity contribution < 1.29 is 14.3 Å². The zero-order valence-corrected chi connectivity index (χ0v) is 9.53. The Kier molecular flexibility index (Phi) is 3.55. The third-order valence-electron chi connectivity index (χ3n) is 2.35. The average molecular weight is 211 g/mol. The number of hydrogen-bond acceptors (Lipinski definition) is 4. The summed E-state index contributed by atoms with van der Waals surface area (Å²) < 4.78 is 10.4. The number of hydrogen-bond donors (Lipinski definition) is 1. The smallest absolute Gasteiger partial charge is 0.125 e. The molecule has 0 atom stereocenters. The molecular formula is C11H17NO3. The molecular weight excluding hydrogens is 194 g/mol. The second-order valence-electron chi connectivity index (χ2n) is 3.69. The molecule has 0 fully saturated rings. The second kappa shape index (κ2) is 4.51. The first-order valence-corrected chi connectivity index (χ1v) is 4.65. The average Bonchev–Trinajstić information content (AvgIpc) is 2.28. The Morgan fingerprint density at radius 2 is 1.80 bits per heavy atom. The van der Waals surface area contributed by atoms with E-state index in [2.05, 4.69) is 0 Å². The predicted octanol–water partition coefficient (Wildman–Crippen LogP) is 1.83. The number of ether oxygens (including phenoxy) is 2. The lowest BCUT2D eigenvalue weighted by atomic mass is 9.97. The van der Waals surface area contributed by atoms with Crippen molar-refractivity contribution in [3.05, 3.63) is 23.8 Å². The van der Waals surface area contributed by atoms with E-state index in [1.54, 1.807) is 14.2 Å². The fourth-order valence-corrected chi connectivity index (χ4v) is 1.35. The van der Waals surface area contributed by atoms with Crippen LogP contribution in [0, 0.1) is 0 Å². The minimum Gasteiger partial charge on any atom is -0.497 e. The first-order valence-electron chi connectivity index (χ1n) is 4.65. The summed E-state index contributed by atoms with van der Waals surface area (Å²) in [7, 11) is 3.22. The van der Waals surface area contributed by atoms with Gasteiger partial charge >= 0.3 is 0 Å². The first kappa shape index (κ1) is 11.8. The van der Waals surface area contributed by atoms with Gasteiger partial charge in [0, 0.05) is 5.56 Å². The topological polar surface area (TPSA) is 53.7 Å². The monoisotopic (exact) mass is 211 g/mol. The minimum absolute atomic E-state index is 0.611. The van der Waals surface area contributed by atoms with Gasteiger partial charge in [-0.05, 0) is 32.0 Å². The Bertz CT molecular complexity index is 337. The van der Waals surface area contributed by atoms with Crippen molar-refractivity contribution in [2.45, 2.75) is 19.4 Å². The molecule has 0 saturated carbocycles. The Hall–Kier alpha value is -1.26. The predicted molar refractivity (Wildman–Crippen MR) is 57.8 cm³/mol. The molecule has 1 aromatic carbocycles. The molecule has 0 aromatic heterocycles. The normalized spacial score (nSPS) is 11.3. The van der Waals surface area contributed by atoms with Crippen molar-refractivity contribution in [1.82, 2.24) is 0 Å². The molecule has 0 heterocycles. The van der Waals surface area contributed by atoms with Gasteiger partial charge in [0.15, 0.2) is 0 Å². The van der Waals surface area contributed by atoms with E-state index in [1.807, 2.05) is 32.0 Å². The van der Waals surface area contributed by atoms with E-state index >= 15 is 0 Å². The van der Waals surface area contributed by atoms with E-state index in [4.69, 9.17) is 20.2 Å². The molecule has 15 heavy (non-hydrogen) atoms. The molecule has 0 aliphatic heterocycles. The summed E-state index contributed by atoms with van der Waals surface area (Å²) in [5, 5.41) is 0. The summed E-state index contributed by atoms with van der Waals surface area (Å²) in [5.41, 5.74) is 0.242. The first-order chi connectivity index (χ1) is 7.05. The van der Waals surface area contributed by atoms with Gasteiger partial charge in [-0.3, -0.25) is 4.84 Å². The zero-order valence-electron chi connectivity index (χ0n) is 9.53. The minimum atomic E-state index is -0.611. The number of nitrogens with two attached hydrogens (primary N) is 1. The van der Waals surface area contributed by atoms with Crippen LogP contribution in [0.15, 0.2) is 18.2 Å². The lowest BCUT2D eigenvalue weighted by molar-refractivity contribution is -0.0252. The van der Waals surface area contributed by atoms with E-state index < -0.39 is 5.60 Å². The lowest BCUT2D eigenvalue weighted by Gasteiger charge is -2.24. The van der Waals surface area contributed by atoms with Gasteiger partial charge in [-0.1, -0.05) is 0 Å². The van der Waals surface area contributed by atoms with E-state index in [-0.39, 0.29) is 0 Å². The van der Waals surface area contributed by atoms with Crippen molar-refractivity contribution in [3.8, 4) is 11.5 Å². The number of rotatable bonds is 4. The Labute approximate surface area is 89.9 Å². The van der Waals surface area contributed by atoms with Gasteiger partial charge in [-0.15, -0.1) is 0 Å². The second-order valence-corrected chi connectivity index (χ2v) is 3.69. The molecule has 0 spiro atoms. The molecule has 0 unspecified atom stereocenters. The van der Waals surface area contributed by atoms with Crippen LogP contribution in [0.5, 0.6) is 11.5 Å². The van der Waals surface area contributed by atoms with Crippen LogP contribution in [0.25, 0.3) is 0 Å². The van der Waals surface area contributed by atoms with Crippen LogP contribution in [0.3, 0.4) is 0 Å². The molecule has 84 valence electrons. The molecule has 0 bridgehead atoms. The van der Waals surface area contributed by atoms with Crippen LogP contribution in [-0.2, 0) is 10.4 Å². The van der Waals surface area contributed by atoms with E-state index in [1.165, 1.54) is 0 Å². The molecule has 1 rings (SSSR count). The summed E-state index contributed by atoms with van der Waals surface area (Å²) in [6.45, 7) is 3.73. The SMILES string of the molecule is COc1ccc(OC)c(C(C)(C)ON)c1. The fourth-order valence-electron chi connectivity index (χ4n) is 1.35. The quantitative estimate of drug-likeness (QED) is 0.772. The molecule has 1 aromatic rings. The van der Waals surface area contributed by atoms with Crippen LogP contribution in [-0.4, -0.2) is 14.2 Å². The maximum atomic E-state index is 5.26. The maximum absolute atomic E-state index is 5.26. The molecule has 0 saturated heterocycles. The Morgan fingerprint density at radius 1 is 1.13 bits per heavy atom. The molecule has 4 nitrogen and oxygen atoms in total. The third kappa shape index (κ3) is 2.40. The summed E-state index contributed by atoms with van der Waals surface area (Å²) in [5.74, 6) is 6.73. The summed E-state index contributed by atoms with van der Waals surface area (Å²) >= 11 is 0. The molecule has 0 aliphatic carbocycles. The van der Waals surface area contributed by atoms with Crippen molar-refractivity contribution in [2.24, 2.45) is 5.90 Å². The lowest BCUT2D eigenvalue weighted by Crippen LogP contribution is -2.26. The Morgan fingerprint density at radius 3 is 2.27 bits per heavy atom. The van der Waals surface area contributed by atoms with Gasteiger partial charge < -0.3 is 9.47 Å². The van der Waals surface area contributed by atoms with Crippen LogP contribution >= 0.6 is 0 Å². The summed E-state index contributed by atoms with van der Waals surface area (Å²) in [6, 6.07) is 5.51. The van der Waals surface area contributed by atoms with Crippen LogP contribution in [0.4, 0.5) is 0 Å². The zero-order chi connectivity index (χ0) is 11.5. The van der Waals surface area contributed by atoms with Crippen LogP contribution in [0.1, 0.15) is 19.4 Å². The highest BCUT2D eigenvalue weighted by Gasteiger charge is 2.25. The van der Waals surface area contributed by atoms with Gasteiger partial charge in [-0.25, -0.2) is 5.90 Å². The highest BCUT2D eigenvalue weighted by molar-refractivity contribution is 5.43. The standard InChI is InChI=1S/C11H17NO3/c1-11(2,15-12)9-7-8(13-3)5-6-10(9)14-4/h5-7H,12H2,1-4H3. The van der Waals surface area contributed by atoms with E-state index in [0.29, 0.717) is 0 Å². The third-order valence-corrected chi connectivity index (χ3v) is 2.35. The van der Waals surface area contributed by atoms with Gasteiger partial charge in [0.05, 0.1) is 14.2 Å². The molecule has 2 N–H and O–H groups in total. The van der Waals surface area contributed by atoms with Gasteiger partial charge in [0.2, 0.25) is 0 Å². The summed E-state index contributed by atoms with van der Waals surface area (Å²) in [6.07, 6.45) is 0. The van der Waals surface area contributed by atoms with Crippen LogP contribution in [0.2, 0.25) is 0 Å². The molecule has 0 radical (unpaired) electrons.